The van der Waals surface area contributed by atoms with Crippen LogP contribution < -0.4 is 46.1 Å². The van der Waals surface area contributed by atoms with Gasteiger partial charge in [0.15, 0.2) is 0 Å². The van der Waals surface area contributed by atoms with Gasteiger partial charge in [0.1, 0.15) is 5.41 Å². The van der Waals surface area contributed by atoms with E-state index < -0.39 is 23.3 Å². The summed E-state index contributed by atoms with van der Waals surface area (Å²) in [6.07, 6.45) is 2.02. The molecule has 0 aliphatic carbocycles. The van der Waals surface area contributed by atoms with Gasteiger partial charge in [-0.1, -0.05) is 27.2 Å². The molecule has 1 aliphatic rings. The summed E-state index contributed by atoms with van der Waals surface area (Å²) in [6, 6.07) is -0.845. The largest absolute Gasteiger partial charge is 1.00 e. The van der Waals surface area contributed by atoms with Crippen LogP contribution in [0.4, 0.5) is 0 Å². The third-order valence-corrected chi connectivity index (χ3v) is 3.33. The number of hydrogen-bond acceptors (Lipinski definition) is 4. The number of hydrogen-bond donors (Lipinski definition) is 2. The molecule has 2 atom stereocenters. The minimum atomic E-state index is -1.15. The molecule has 0 fully saturated rings. The first-order valence-electron chi connectivity index (χ1n) is 5.60. The molecule has 0 bridgehead atoms. The molecule has 1 aliphatic heterocycles. The Balaban J connectivity index is 0. The van der Waals surface area contributed by atoms with E-state index in [0.29, 0.717) is 6.42 Å². The second-order valence-corrected chi connectivity index (χ2v) is 4.19. The predicted molar refractivity (Wildman–Crippen MR) is 62.4 cm³/mol. The van der Waals surface area contributed by atoms with E-state index in [2.05, 4.69) is 10.3 Å². The summed E-state index contributed by atoms with van der Waals surface area (Å²) in [5, 5.41) is 13.1. The van der Waals surface area contributed by atoms with E-state index in [4.69, 9.17) is 0 Å². The van der Waals surface area contributed by atoms with Gasteiger partial charge < -0.3 is 16.6 Å². The van der Waals surface area contributed by atoms with Crippen molar-refractivity contribution in [1.29, 1.82) is 0 Å². The quantitative estimate of drug-likeness (QED) is 0.427. The van der Waals surface area contributed by atoms with Crippen molar-refractivity contribution in [2.75, 3.05) is 0 Å². The Kier molecular flexibility index (Phi) is 8.72. The van der Waals surface area contributed by atoms with Crippen molar-refractivity contribution in [1.82, 2.24) is 11.5 Å². The topological polar surface area (TPSA) is 117 Å². The zero-order chi connectivity index (χ0) is 12.3. The fourth-order valence-electron chi connectivity index (χ4n) is 2.30. The SMILES string of the molecule is CCCC(C)C1(CC)C(=O)N=C([O-])NC1=O.N.[Na+]. The second-order valence-electron chi connectivity index (χ2n) is 4.19. The Morgan fingerprint density at radius 2 is 1.94 bits per heavy atom. The van der Waals surface area contributed by atoms with Crippen molar-refractivity contribution in [2.45, 2.75) is 40.0 Å². The molecular formula is C11H20N3NaO3. The van der Waals surface area contributed by atoms with E-state index >= 15 is 0 Å². The molecule has 1 rings (SSSR count). The van der Waals surface area contributed by atoms with Gasteiger partial charge in [-0.25, -0.2) is 4.99 Å². The van der Waals surface area contributed by atoms with Crippen molar-refractivity contribution in [3.8, 4) is 0 Å². The number of carbonyl (C=O) groups is 2. The predicted octanol–water partition coefficient (Wildman–Crippen LogP) is -2.64. The van der Waals surface area contributed by atoms with Gasteiger partial charge >= 0.3 is 29.6 Å². The molecule has 0 aromatic heterocycles. The number of carbonyl (C=O) groups excluding carboxylic acids is 2. The second kappa shape index (κ2) is 7.89. The number of amides is 2. The van der Waals surface area contributed by atoms with Crippen molar-refractivity contribution < 1.29 is 44.3 Å². The Morgan fingerprint density at radius 3 is 2.33 bits per heavy atom. The summed E-state index contributed by atoms with van der Waals surface area (Å²) in [7, 11) is 0. The van der Waals surface area contributed by atoms with E-state index in [0.717, 1.165) is 12.8 Å². The van der Waals surface area contributed by atoms with Crippen LogP contribution in [0.15, 0.2) is 4.99 Å². The normalized spacial score (nSPS) is 24.3. The van der Waals surface area contributed by atoms with Crippen molar-refractivity contribution in [3.05, 3.63) is 0 Å². The molecule has 0 saturated heterocycles. The van der Waals surface area contributed by atoms with E-state index in [1.165, 1.54) is 0 Å². The number of nitrogens with zero attached hydrogens (tertiary/aromatic N) is 1. The summed E-state index contributed by atoms with van der Waals surface area (Å²) in [4.78, 5) is 27.1. The van der Waals surface area contributed by atoms with Crippen LogP contribution in [0.25, 0.3) is 0 Å². The molecule has 2 amide bonds. The minimum Gasteiger partial charge on any atom is -0.846 e. The number of aliphatic imine (C=N–C) groups is 1. The molecule has 0 aromatic rings. The first kappa shape index (κ1) is 19.9. The first-order chi connectivity index (χ1) is 7.48. The Labute approximate surface area is 129 Å². The van der Waals surface area contributed by atoms with E-state index in [1.807, 2.05) is 13.8 Å². The van der Waals surface area contributed by atoms with E-state index in [1.54, 1.807) is 6.92 Å². The fourth-order valence-corrected chi connectivity index (χ4v) is 2.30. The molecule has 4 N–H and O–H groups in total. The van der Waals surface area contributed by atoms with Gasteiger partial charge in [-0.05, 0) is 18.8 Å². The Morgan fingerprint density at radius 1 is 1.39 bits per heavy atom. The van der Waals surface area contributed by atoms with Crippen LogP contribution in [0.2, 0.25) is 0 Å². The molecule has 7 heteroatoms. The summed E-state index contributed by atoms with van der Waals surface area (Å²) in [5.74, 6) is -1.20. The number of rotatable bonds is 4. The van der Waals surface area contributed by atoms with Crippen molar-refractivity contribution >= 4 is 17.8 Å². The number of nitrogens with one attached hydrogen (secondary N) is 1. The summed E-state index contributed by atoms with van der Waals surface area (Å²) >= 11 is 0. The van der Waals surface area contributed by atoms with Gasteiger partial charge in [0.05, 0.1) is 6.02 Å². The van der Waals surface area contributed by atoms with Crippen LogP contribution in [0, 0.1) is 11.3 Å². The number of amidine groups is 1. The molecule has 0 saturated carbocycles. The zero-order valence-electron chi connectivity index (χ0n) is 11.6. The Bertz CT molecular complexity index is 346. The Hall–Kier alpha value is -0.430. The van der Waals surface area contributed by atoms with Crippen molar-refractivity contribution in [3.63, 3.8) is 0 Å². The molecule has 0 aromatic carbocycles. The maximum Gasteiger partial charge on any atom is 1.00 e. The average Bonchev–Trinajstić information content (AvgIpc) is 2.18. The molecule has 0 spiro atoms. The molecule has 2 unspecified atom stereocenters. The third kappa shape index (κ3) is 3.32. The molecule has 0 radical (unpaired) electrons. The van der Waals surface area contributed by atoms with Crippen LogP contribution in [0.5, 0.6) is 0 Å². The average molecular weight is 265 g/mol. The van der Waals surface area contributed by atoms with Gasteiger partial charge in [-0.2, -0.15) is 0 Å². The first-order valence-corrected chi connectivity index (χ1v) is 5.60. The summed E-state index contributed by atoms with van der Waals surface area (Å²) in [6.45, 7) is 5.62. The third-order valence-electron chi connectivity index (χ3n) is 3.33. The maximum absolute atomic E-state index is 11.9. The molecule has 18 heavy (non-hydrogen) atoms. The van der Waals surface area contributed by atoms with Gasteiger partial charge in [-0.3, -0.25) is 9.59 Å². The van der Waals surface area contributed by atoms with Gasteiger partial charge in [0.25, 0.3) is 5.91 Å². The summed E-state index contributed by atoms with van der Waals surface area (Å²) in [5.41, 5.74) is -1.15. The molecule has 6 nitrogen and oxygen atoms in total. The standard InChI is InChI=1S/C11H18N2O3.H3N.Na/c1-4-6-7(3)11(5-2)8(14)12-10(16)13-9(11)15;;/h7H,4-6H2,1-3H3,(H2,12,13,14,15,16);1H3;/q;;+1/p-1. The van der Waals surface area contributed by atoms with Gasteiger partial charge in [-0.15, -0.1) is 0 Å². The maximum atomic E-state index is 11.9. The van der Waals surface area contributed by atoms with Gasteiger partial charge in [0.2, 0.25) is 5.91 Å². The van der Waals surface area contributed by atoms with Crippen LogP contribution in [-0.2, 0) is 9.59 Å². The van der Waals surface area contributed by atoms with Crippen LogP contribution in [0.3, 0.4) is 0 Å². The molecule has 98 valence electrons. The summed E-state index contributed by atoms with van der Waals surface area (Å²) < 4.78 is 0. The van der Waals surface area contributed by atoms with E-state index in [9.17, 15) is 14.7 Å². The van der Waals surface area contributed by atoms with Crippen LogP contribution in [-0.4, -0.2) is 17.8 Å². The van der Waals surface area contributed by atoms with E-state index in [-0.39, 0.29) is 41.6 Å². The van der Waals surface area contributed by atoms with Crippen molar-refractivity contribution in [2.24, 2.45) is 16.3 Å². The van der Waals surface area contributed by atoms with Crippen LogP contribution >= 0.6 is 0 Å². The van der Waals surface area contributed by atoms with Crippen LogP contribution in [0.1, 0.15) is 40.0 Å². The zero-order valence-corrected chi connectivity index (χ0v) is 13.6. The fraction of sp³-hybridized carbons (Fsp3) is 0.727. The minimum absolute atomic E-state index is 0. The molecule has 1 heterocycles. The van der Waals surface area contributed by atoms with Gasteiger partial charge in [0, 0.05) is 0 Å². The monoisotopic (exact) mass is 265 g/mol. The smallest absolute Gasteiger partial charge is 0.846 e. The molecular weight excluding hydrogens is 245 g/mol.